The number of aromatic nitrogens is 3. The number of H-pyrrole nitrogens is 1. The monoisotopic (exact) mass is 336 g/mol. The highest BCUT2D eigenvalue weighted by Crippen LogP contribution is 2.31. The summed E-state index contributed by atoms with van der Waals surface area (Å²) in [5, 5.41) is 13.7. The van der Waals surface area contributed by atoms with Crippen molar-refractivity contribution in [2.75, 3.05) is 25.6 Å². The standard InChI is InChI=1S/C16H24N4O4/c1-3-4-6-17-16-18-14-10(15(22)19-16)5-7-20(14)13-8-11(21)12(24-13)9-23-2/h5,7,11-13,21H,3-4,6,8-9H2,1-2H3,(H2,17,18,19,22). The van der Waals surface area contributed by atoms with Gasteiger partial charge in [0, 0.05) is 26.3 Å². The van der Waals surface area contributed by atoms with Crippen molar-refractivity contribution in [1.82, 2.24) is 14.5 Å². The zero-order valence-electron chi connectivity index (χ0n) is 14.0. The Hall–Kier alpha value is -1.90. The van der Waals surface area contributed by atoms with E-state index < -0.39 is 6.10 Å². The first kappa shape index (κ1) is 16.9. The molecule has 0 saturated carbocycles. The molecule has 1 fully saturated rings. The Morgan fingerprint density at radius 1 is 1.58 bits per heavy atom. The largest absolute Gasteiger partial charge is 0.390 e. The first-order valence-electron chi connectivity index (χ1n) is 8.31. The fraction of sp³-hybridized carbons (Fsp3) is 0.625. The Labute approximate surface area is 139 Å². The Kier molecular flexibility index (Phi) is 5.17. The number of aromatic amines is 1. The molecule has 24 heavy (non-hydrogen) atoms. The smallest absolute Gasteiger partial charge is 0.261 e. The molecule has 0 radical (unpaired) electrons. The second-order valence-corrected chi connectivity index (χ2v) is 6.04. The third-order valence-corrected chi connectivity index (χ3v) is 4.25. The summed E-state index contributed by atoms with van der Waals surface area (Å²) < 4.78 is 12.7. The van der Waals surface area contributed by atoms with Crippen molar-refractivity contribution in [3.05, 3.63) is 22.6 Å². The van der Waals surface area contributed by atoms with Gasteiger partial charge in [0.1, 0.15) is 12.3 Å². The maximum absolute atomic E-state index is 12.2. The molecule has 0 aromatic carbocycles. The van der Waals surface area contributed by atoms with Crippen LogP contribution in [-0.4, -0.2) is 52.1 Å². The molecule has 8 nitrogen and oxygen atoms in total. The predicted molar refractivity (Wildman–Crippen MR) is 90.2 cm³/mol. The molecule has 0 aliphatic carbocycles. The van der Waals surface area contributed by atoms with E-state index in [1.54, 1.807) is 23.9 Å². The lowest BCUT2D eigenvalue weighted by Gasteiger charge is -2.15. The molecule has 8 heteroatoms. The van der Waals surface area contributed by atoms with E-state index in [1.807, 2.05) is 0 Å². The molecule has 1 aliphatic heterocycles. The first-order chi connectivity index (χ1) is 11.6. The summed E-state index contributed by atoms with van der Waals surface area (Å²) in [5.74, 6) is 0.452. The fourth-order valence-corrected chi connectivity index (χ4v) is 2.94. The van der Waals surface area contributed by atoms with Gasteiger partial charge in [-0.1, -0.05) is 13.3 Å². The summed E-state index contributed by atoms with van der Waals surface area (Å²) in [4.78, 5) is 19.5. The summed E-state index contributed by atoms with van der Waals surface area (Å²) in [6.07, 6.45) is 2.93. The number of ether oxygens (including phenoxy) is 2. The fourth-order valence-electron chi connectivity index (χ4n) is 2.94. The summed E-state index contributed by atoms with van der Waals surface area (Å²) in [6, 6.07) is 1.72. The lowest BCUT2D eigenvalue weighted by Crippen LogP contribution is -2.25. The summed E-state index contributed by atoms with van der Waals surface area (Å²) in [7, 11) is 1.57. The van der Waals surface area contributed by atoms with Crippen LogP contribution >= 0.6 is 0 Å². The quantitative estimate of drug-likeness (QED) is 0.658. The molecule has 2 aromatic heterocycles. The molecule has 3 rings (SSSR count). The number of nitrogens with one attached hydrogen (secondary N) is 2. The summed E-state index contributed by atoms with van der Waals surface area (Å²) in [6.45, 7) is 3.18. The number of hydrogen-bond donors (Lipinski definition) is 3. The van der Waals surface area contributed by atoms with Gasteiger partial charge in [0.15, 0.2) is 5.65 Å². The number of hydrogen-bond acceptors (Lipinski definition) is 6. The number of nitrogens with zero attached hydrogens (tertiary/aromatic N) is 2. The zero-order chi connectivity index (χ0) is 17.1. The second-order valence-electron chi connectivity index (χ2n) is 6.04. The number of anilines is 1. The minimum atomic E-state index is -0.600. The molecule has 1 saturated heterocycles. The lowest BCUT2D eigenvalue weighted by atomic mass is 10.2. The van der Waals surface area contributed by atoms with Gasteiger partial charge in [-0.05, 0) is 12.5 Å². The SMILES string of the molecule is CCCCNc1nc2c(ccn2C2CC(O)C(COC)O2)c(=O)[nH]1. The van der Waals surface area contributed by atoms with Gasteiger partial charge in [-0.2, -0.15) is 4.98 Å². The molecule has 0 bridgehead atoms. The van der Waals surface area contributed by atoms with Gasteiger partial charge in [0.25, 0.3) is 5.56 Å². The van der Waals surface area contributed by atoms with Crippen LogP contribution in [0.15, 0.2) is 17.1 Å². The van der Waals surface area contributed by atoms with Gasteiger partial charge in [-0.15, -0.1) is 0 Å². The van der Waals surface area contributed by atoms with Crippen LogP contribution in [0.5, 0.6) is 0 Å². The Morgan fingerprint density at radius 2 is 2.42 bits per heavy atom. The number of rotatable bonds is 7. The van der Waals surface area contributed by atoms with Crippen LogP contribution in [0.3, 0.4) is 0 Å². The van der Waals surface area contributed by atoms with Crippen LogP contribution in [0.25, 0.3) is 11.0 Å². The number of aliphatic hydroxyl groups excluding tert-OH is 1. The van der Waals surface area contributed by atoms with Crippen molar-refractivity contribution in [3.8, 4) is 0 Å². The Balaban J connectivity index is 1.87. The Bertz CT molecular complexity index is 741. The van der Waals surface area contributed by atoms with Crippen molar-refractivity contribution >= 4 is 17.0 Å². The van der Waals surface area contributed by atoms with E-state index >= 15 is 0 Å². The van der Waals surface area contributed by atoms with E-state index in [4.69, 9.17) is 9.47 Å². The highest BCUT2D eigenvalue weighted by molar-refractivity contribution is 5.76. The van der Waals surface area contributed by atoms with Gasteiger partial charge in [0.05, 0.1) is 18.1 Å². The van der Waals surface area contributed by atoms with Crippen molar-refractivity contribution < 1.29 is 14.6 Å². The van der Waals surface area contributed by atoms with Crippen LogP contribution in [-0.2, 0) is 9.47 Å². The Morgan fingerprint density at radius 3 is 3.17 bits per heavy atom. The molecular weight excluding hydrogens is 312 g/mol. The molecule has 1 aliphatic rings. The maximum Gasteiger partial charge on any atom is 0.261 e. The molecule has 0 amide bonds. The average Bonchev–Trinajstić information content (AvgIpc) is 3.12. The molecule has 132 valence electrons. The highest BCUT2D eigenvalue weighted by atomic mass is 16.6. The predicted octanol–water partition coefficient (Wildman–Crippen LogP) is 1.23. The summed E-state index contributed by atoms with van der Waals surface area (Å²) >= 11 is 0. The minimum Gasteiger partial charge on any atom is -0.390 e. The van der Waals surface area contributed by atoms with E-state index in [-0.39, 0.29) is 17.9 Å². The molecular formula is C16H24N4O4. The van der Waals surface area contributed by atoms with E-state index in [9.17, 15) is 9.90 Å². The van der Waals surface area contributed by atoms with E-state index in [1.165, 1.54) is 0 Å². The molecule has 3 heterocycles. The van der Waals surface area contributed by atoms with Crippen molar-refractivity contribution in [2.45, 2.75) is 44.6 Å². The number of methoxy groups -OCH3 is 1. The third-order valence-electron chi connectivity index (χ3n) is 4.25. The van der Waals surface area contributed by atoms with Crippen molar-refractivity contribution in [1.29, 1.82) is 0 Å². The van der Waals surface area contributed by atoms with Gasteiger partial charge >= 0.3 is 0 Å². The number of aliphatic hydroxyl groups is 1. The summed E-state index contributed by atoms with van der Waals surface area (Å²) in [5.41, 5.74) is 0.359. The molecule has 3 N–H and O–H groups in total. The number of fused-ring (bicyclic) bond motifs is 1. The molecule has 3 atom stereocenters. The van der Waals surface area contributed by atoms with Crippen LogP contribution in [0.4, 0.5) is 5.95 Å². The van der Waals surface area contributed by atoms with Gasteiger partial charge in [-0.25, -0.2) is 0 Å². The van der Waals surface area contributed by atoms with Gasteiger partial charge in [-0.3, -0.25) is 9.78 Å². The molecule has 0 spiro atoms. The van der Waals surface area contributed by atoms with Crippen molar-refractivity contribution in [2.24, 2.45) is 0 Å². The second kappa shape index (κ2) is 7.33. The number of unbranched alkanes of at least 4 members (excludes halogenated alkanes) is 1. The van der Waals surface area contributed by atoms with Crippen LogP contribution in [0.1, 0.15) is 32.4 Å². The van der Waals surface area contributed by atoms with E-state index in [2.05, 4.69) is 22.2 Å². The van der Waals surface area contributed by atoms with Gasteiger partial charge in [0.2, 0.25) is 5.95 Å². The minimum absolute atomic E-state index is 0.190. The lowest BCUT2D eigenvalue weighted by molar-refractivity contribution is -0.0521. The van der Waals surface area contributed by atoms with Gasteiger partial charge < -0.3 is 24.5 Å². The normalized spacial score (nSPS) is 23.9. The first-order valence-corrected chi connectivity index (χ1v) is 8.31. The maximum atomic E-state index is 12.2. The van der Waals surface area contributed by atoms with Crippen molar-refractivity contribution in [3.63, 3.8) is 0 Å². The third kappa shape index (κ3) is 3.31. The van der Waals surface area contributed by atoms with E-state index in [0.29, 0.717) is 30.0 Å². The topological polar surface area (TPSA) is 101 Å². The average molecular weight is 336 g/mol. The zero-order valence-corrected chi connectivity index (χ0v) is 14.0. The van der Waals surface area contributed by atoms with Crippen LogP contribution < -0.4 is 10.9 Å². The molecule has 2 aromatic rings. The van der Waals surface area contributed by atoms with Crippen LogP contribution in [0, 0.1) is 0 Å². The molecule has 3 unspecified atom stereocenters. The van der Waals surface area contributed by atoms with E-state index in [0.717, 1.165) is 19.4 Å². The van der Waals surface area contributed by atoms with Crippen LogP contribution in [0.2, 0.25) is 0 Å². The highest BCUT2D eigenvalue weighted by Gasteiger charge is 2.35.